The Morgan fingerprint density at radius 1 is 0.704 bits per heavy atom. The van der Waals surface area contributed by atoms with Gasteiger partial charge in [0.2, 0.25) is 0 Å². The largest absolute Gasteiger partial charge is 0.494 e. The summed E-state index contributed by atoms with van der Waals surface area (Å²) in [6.07, 6.45) is 4.29. The van der Waals surface area contributed by atoms with Gasteiger partial charge in [-0.15, -0.1) is 0 Å². The molecule has 3 heteroatoms. The summed E-state index contributed by atoms with van der Waals surface area (Å²) in [5.74, 6) is 0. The highest BCUT2D eigenvalue weighted by Crippen LogP contribution is 2.36. The van der Waals surface area contributed by atoms with Crippen molar-refractivity contribution < 1.29 is 9.31 Å². The van der Waals surface area contributed by atoms with E-state index in [9.17, 15) is 0 Å². The van der Waals surface area contributed by atoms with Gasteiger partial charge >= 0.3 is 7.12 Å². The molecule has 27 heavy (non-hydrogen) atoms. The Hall–Kier alpha value is -1.84. The summed E-state index contributed by atoms with van der Waals surface area (Å²) in [6.45, 7) is 15.0. The average molecular weight is 362 g/mol. The molecule has 0 radical (unpaired) electrons. The third-order valence-corrected chi connectivity index (χ3v) is 5.71. The van der Waals surface area contributed by atoms with E-state index in [-0.39, 0.29) is 23.7 Å². The zero-order valence-corrected chi connectivity index (χ0v) is 17.7. The standard InChI is InChI=1S/C24H31BO2/c1-22(2,3)20-14-10-18(11-15-20)8-9-19-12-16-21(17-13-19)25-26-23(4,5)24(6,7)27-25/h8-17H,1-7H3/b9-8+. The quantitative estimate of drug-likeness (QED) is 0.534. The van der Waals surface area contributed by atoms with Gasteiger partial charge in [0, 0.05) is 0 Å². The van der Waals surface area contributed by atoms with Crippen molar-refractivity contribution in [1.29, 1.82) is 0 Å². The van der Waals surface area contributed by atoms with E-state index < -0.39 is 0 Å². The molecule has 1 heterocycles. The smallest absolute Gasteiger partial charge is 0.399 e. The van der Waals surface area contributed by atoms with Crippen LogP contribution in [0.2, 0.25) is 0 Å². The zero-order valence-electron chi connectivity index (χ0n) is 17.7. The van der Waals surface area contributed by atoms with E-state index in [2.05, 4.69) is 109 Å². The summed E-state index contributed by atoms with van der Waals surface area (Å²) in [7, 11) is -0.307. The minimum atomic E-state index is -0.310. The third-order valence-electron chi connectivity index (χ3n) is 5.71. The minimum absolute atomic E-state index is 0.186. The van der Waals surface area contributed by atoms with Crippen molar-refractivity contribution in [3.8, 4) is 0 Å². The molecule has 2 aromatic carbocycles. The van der Waals surface area contributed by atoms with Gasteiger partial charge in [-0.1, -0.05) is 81.5 Å². The lowest BCUT2D eigenvalue weighted by Crippen LogP contribution is -2.41. The second kappa shape index (κ2) is 6.96. The van der Waals surface area contributed by atoms with Gasteiger partial charge in [0.1, 0.15) is 0 Å². The predicted octanol–water partition coefficient (Wildman–Crippen LogP) is 5.45. The van der Waals surface area contributed by atoms with Crippen LogP contribution in [-0.2, 0) is 14.7 Å². The molecule has 1 aliphatic rings. The van der Waals surface area contributed by atoms with Crippen LogP contribution >= 0.6 is 0 Å². The summed E-state index contributed by atoms with van der Waals surface area (Å²) in [4.78, 5) is 0. The second-order valence-electron chi connectivity index (χ2n) is 9.46. The Labute approximate surface area is 164 Å². The van der Waals surface area contributed by atoms with Crippen molar-refractivity contribution in [2.24, 2.45) is 0 Å². The molecule has 0 aromatic heterocycles. The van der Waals surface area contributed by atoms with Gasteiger partial charge in [0.15, 0.2) is 0 Å². The van der Waals surface area contributed by atoms with Gasteiger partial charge < -0.3 is 9.31 Å². The van der Waals surface area contributed by atoms with Crippen LogP contribution in [0.25, 0.3) is 12.2 Å². The van der Waals surface area contributed by atoms with Gasteiger partial charge in [-0.25, -0.2) is 0 Å². The predicted molar refractivity (Wildman–Crippen MR) is 116 cm³/mol. The van der Waals surface area contributed by atoms with E-state index in [1.54, 1.807) is 0 Å². The monoisotopic (exact) mass is 362 g/mol. The topological polar surface area (TPSA) is 18.5 Å². The molecular weight excluding hydrogens is 331 g/mol. The maximum Gasteiger partial charge on any atom is 0.494 e. The fourth-order valence-corrected chi connectivity index (χ4v) is 3.03. The van der Waals surface area contributed by atoms with Crippen LogP contribution in [0.1, 0.15) is 65.2 Å². The van der Waals surface area contributed by atoms with Gasteiger partial charge in [0.05, 0.1) is 11.2 Å². The number of rotatable bonds is 3. The lowest BCUT2D eigenvalue weighted by molar-refractivity contribution is 0.00578. The van der Waals surface area contributed by atoms with Gasteiger partial charge in [0.25, 0.3) is 0 Å². The van der Waals surface area contributed by atoms with Crippen LogP contribution < -0.4 is 5.46 Å². The molecule has 2 nitrogen and oxygen atoms in total. The lowest BCUT2D eigenvalue weighted by Gasteiger charge is -2.32. The molecule has 1 saturated heterocycles. The Kier molecular flexibility index (Phi) is 5.13. The number of hydrogen-bond donors (Lipinski definition) is 0. The Morgan fingerprint density at radius 2 is 1.11 bits per heavy atom. The maximum absolute atomic E-state index is 6.12. The number of benzene rings is 2. The van der Waals surface area contributed by atoms with Crippen molar-refractivity contribution in [1.82, 2.24) is 0 Å². The Morgan fingerprint density at radius 3 is 1.52 bits per heavy atom. The van der Waals surface area contributed by atoms with Crippen molar-refractivity contribution >= 4 is 24.7 Å². The van der Waals surface area contributed by atoms with E-state index in [0.717, 1.165) is 11.0 Å². The van der Waals surface area contributed by atoms with Crippen LogP contribution in [0.3, 0.4) is 0 Å². The van der Waals surface area contributed by atoms with Gasteiger partial charge in [-0.2, -0.15) is 0 Å². The highest BCUT2D eigenvalue weighted by atomic mass is 16.7. The summed E-state index contributed by atoms with van der Waals surface area (Å²) in [5.41, 5.74) is 4.34. The van der Waals surface area contributed by atoms with Crippen molar-refractivity contribution in [2.45, 2.75) is 65.1 Å². The average Bonchev–Trinajstić information content (AvgIpc) is 2.81. The van der Waals surface area contributed by atoms with Crippen molar-refractivity contribution in [3.63, 3.8) is 0 Å². The summed E-state index contributed by atoms with van der Waals surface area (Å²) < 4.78 is 12.2. The highest BCUT2D eigenvalue weighted by Gasteiger charge is 2.51. The molecule has 0 saturated carbocycles. The van der Waals surface area contributed by atoms with Crippen LogP contribution in [0, 0.1) is 0 Å². The van der Waals surface area contributed by atoms with Crippen LogP contribution in [-0.4, -0.2) is 18.3 Å². The summed E-state index contributed by atoms with van der Waals surface area (Å²) in [6, 6.07) is 17.2. The molecule has 0 unspecified atom stereocenters. The van der Waals surface area contributed by atoms with E-state index in [1.165, 1.54) is 11.1 Å². The minimum Gasteiger partial charge on any atom is -0.399 e. The first-order valence-corrected chi connectivity index (χ1v) is 9.72. The molecule has 0 aliphatic carbocycles. The first kappa shape index (κ1) is 19.9. The van der Waals surface area contributed by atoms with Crippen LogP contribution in [0.5, 0.6) is 0 Å². The van der Waals surface area contributed by atoms with E-state index >= 15 is 0 Å². The van der Waals surface area contributed by atoms with Gasteiger partial charge in [-0.3, -0.25) is 0 Å². The maximum atomic E-state index is 6.12. The highest BCUT2D eigenvalue weighted by molar-refractivity contribution is 6.62. The zero-order chi connectivity index (χ0) is 19.9. The fraction of sp³-hybridized carbons (Fsp3) is 0.417. The van der Waals surface area contributed by atoms with Crippen molar-refractivity contribution in [3.05, 3.63) is 65.2 Å². The van der Waals surface area contributed by atoms with Gasteiger partial charge in [-0.05, 0) is 55.3 Å². The van der Waals surface area contributed by atoms with E-state index in [4.69, 9.17) is 9.31 Å². The van der Waals surface area contributed by atoms with Crippen LogP contribution in [0.15, 0.2) is 48.5 Å². The molecule has 3 rings (SSSR count). The molecule has 1 fully saturated rings. The molecule has 0 N–H and O–H groups in total. The number of hydrogen-bond acceptors (Lipinski definition) is 2. The lowest BCUT2D eigenvalue weighted by atomic mass is 9.79. The normalized spacial score (nSPS) is 19.0. The molecular formula is C24H31BO2. The SMILES string of the molecule is CC(C)(C)c1ccc(/C=C/c2ccc(B3OC(C)(C)C(C)(C)O3)cc2)cc1. The Balaban J connectivity index is 1.69. The molecule has 0 bridgehead atoms. The molecule has 1 aliphatic heterocycles. The molecule has 0 amide bonds. The van der Waals surface area contributed by atoms with Crippen LogP contribution in [0.4, 0.5) is 0 Å². The third kappa shape index (κ3) is 4.36. The molecule has 2 aromatic rings. The summed E-state index contributed by atoms with van der Waals surface area (Å²) >= 11 is 0. The van der Waals surface area contributed by atoms with E-state index in [1.807, 2.05) is 0 Å². The molecule has 0 atom stereocenters. The van der Waals surface area contributed by atoms with E-state index in [0.29, 0.717) is 0 Å². The first-order chi connectivity index (χ1) is 12.5. The Bertz CT molecular complexity index is 793. The fourth-order valence-electron chi connectivity index (χ4n) is 3.03. The molecule has 0 spiro atoms. The van der Waals surface area contributed by atoms with Crippen molar-refractivity contribution in [2.75, 3.05) is 0 Å². The second-order valence-corrected chi connectivity index (χ2v) is 9.46. The summed E-state index contributed by atoms with van der Waals surface area (Å²) in [5, 5.41) is 0. The molecule has 142 valence electrons. The first-order valence-electron chi connectivity index (χ1n) is 9.72.